The Morgan fingerprint density at radius 3 is 2.75 bits per heavy atom. The first-order valence-electron chi connectivity index (χ1n) is 6.57. The molecular formula is C17H18N2O. The Bertz CT molecular complexity index is 680. The molecule has 0 amide bonds. The molecule has 0 radical (unpaired) electrons. The molecule has 20 heavy (non-hydrogen) atoms. The molecule has 1 heterocycles. The summed E-state index contributed by atoms with van der Waals surface area (Å²) in [7, 11) is 0. The number of aryl methyl sites for hydroxylation is 1. The number of nitrogens with one attached hydrogen (secondary N) is 1. The second-order valence-electron chi connectivity index (χ2n) is 4.61. The molecule has 0 aliphatic heterocycles. The van der Waals surface area contributed by atoms with Crippen LogP contribution in [0.3, 0.4) is 0 Å². The number of aromatic nitrogens is 1. The minimum absolute atomic E-state index is 0.0971. The minimum atomic E-state index is 0.0971. The van der Waals surface area contributed by atoms with Crippen LogP contribution in [-0.2, 0) is 6.42 Å². The van der Waals surface area contributed by atoms with Gasteiger partial charge in [0.05, 0.1) is 0 Å². The minimum Gasteiger partial charge on any atom is -0.346 e. The molecule has 2 rings (SSSR count). The molecule has 0 unspecified atom stereocenters. The van der Waals surface area contributed by atoms with E-state index in [1.807, 2.05) is 25.3 Å². The van der Waals surface area contributed by atoms with Gasteiger partial charge in [0.25, 0.3) is 0 Å². The van der Waals surface area contributed by atoms with Crippen LogP contribution in [0.4, 0.5) is 5.82 Å². The van der Waals surface area contributed by atoms with Crippen molar-refractivity contribution in [2.75, 3.05) is 0 Å². The van der Waals surface area contributed by atoms with Gasteiger partial charge in [-0.05, 0) is 31.2 Å². The smallest absolute Gasteiger partial charge is 0.160 e. The number of H-pyrrole nitrogens is 1. The number of hydrogen-bond donors (Lipinski definition) is 1. The fourth-order valence-corrected chi connectivity index (χ4v) is 2.40. The second kappa shape index (κ2) is 5.70. The highest BCUT2D eigenvalue weighted by molar-refractivity contribution is 5.96. The Kier molecular flexibility index (Phi) is 3.99. The summed E-state index contributed by atoms with van der Waals surface area (Å²) < 4.78 is 0. The average molecular weight is 266 g/mol. The maximum absolute atomic E-state index is 11.6. The number of Topliss-reactive ketones (excluding diaryl/α,β-unsaturated/α-hetero) is 1. The van der Waals surface area contributed by atoms with Crippen LogP contribution in [0, 0.1) is 0 Å². The molecule has 0 fully saturated rings. The van der Waals surface area contributed by atoms with Crippen molar-refractivity contribution in [2.24, 2.45) is 4.99 Å². The third kappa shape index (κ3) is 2.35. The molecule has 0 atom stereocenters. The lowest BCUT2D eigenvalue weighted by Gasteiger charge is -2.08. The highest BCUT2D eigenvalue weighted by Gasteiger charge is 2.12. The van der Waals surface area contributed by atoms with Crippen LogP contribution in [-0.4, -0.2) is 17.5 Å². The molecule has 0 saturated carbocycles. The van der Waals surface area contributed by atoms with Crippen LogP contribution in [0.15, 0.2) is 36.0 Å². The third-order valence-corrected chi connectivity index (χ3v) is 3.44. The summed E-state index contributed by atoms with van der Waals surface area (Å²) in [6.45, 7) is 11.0. The number of nitrogens with zero attached hydrogens (tertiary/aromatic N) is 1. The first-order chi connectivity index (χ1) is 9.62. The van der Waals surface area contributed by atoms with E-state index in [9.17, 15) is 4.79 Å². The normalized spacial score (nSPS) is 10.3. The van der Waals surface area contributed by atoms with Crippen molar-refractivity contribution in [3.8, 4) is 11.1 Å². The molecule has 1 aromatic carbocycles. The van der Waals surface area contributed by atoms with Gasteiger partial charge in [0.15, 0.2) is 5.78 Å². The van der Waals surface area contributed by atoms with Crippen molar-refractivity contribution in [3.63, 3.8) is 0 Å². The van der Waals surface area contributed by atoms with Crippen molar-refractivity contribution in [1.82, 2.24) is 4.98 Å². The molecular weight excluding hydrogens is 248 g/mol. The zero-order valence-corrected chi connectivity index (χ0v) is 11.9. The van der Waals surface area contributed by atoms with Gasteiger partial charge in [0.2, 0.25) is 0 Å². The van der Waals surface area contributed by atoms with Crippen LogP contribution in [0.5, 0.6) is 0 Å². The summed E-state index contributed by atoms with van der Waals surface area (Å²) in [5, 5.41) is 0. The van der Waals surface area contributed by atoms with E-state index in [-0.39, 0.29) is 5.78 Å². The standard InChI is InChI=1S/C17H18N2O/c1-5-12-9-13(7-8-15(12)11(3)20)16-10-19-17(18-4)14(16)6-2/h6-10,19H,2,4-5H2,1,3H3. The van der Waals surface area contributed by atoms with Gasteiger partial charge >= 0.3 is 0 Å². The van der Waals surface area contributed by atoms with Gasteiger partial charge in [0, 0.05) is 22.9 Å². The Labute approximate surface area is 119 Å². The fourth-order valence-electron chi connectivity index (χ4n) is 2.40. The first kappa shape index (κ1) is 14.0. The van der Waals surface area contributed by atoms with Gasteiger partial charge < -0.3 is 4.98 Å². The topological polar surface area (TPSA) is 45.2 Å². The number of aromatic amines is 1. The van der Waals surface area contributed by atoms with Crippen LogP contribution in [0.2, 0.25) is 0 Å². The predicted octanol–water partition coefficient (Wildman–Crippen LogP) is 4.42. The number of carbonyl (C=O) groups is 1. The van der Waals surface area contributed by atoms with Gasteiger partial charge in [-0.25, -0.2) is 4.99 Å². The highest BCUT2D eigenvalue weighted by Crippen LogP contribution is 2.32. The summed E-state index contributed by atoms with van der Waals surface area (Å²) in [5.74, 6) is 0.809. The van der Waals surface area contributed by atoms with Crippen LogP contribution < -0.4 is 0 Å². The third-order valence-electron chi connectivity index (χ3n) is 3.44. The van der Waals surface area contributed by atoms with Crippen molar-refractivity contribution in [3.05, 3.63) is 47.7 Å². The SMILES string of the molecule is C=Cc1c(-c2ccc(C(C)=O)c(CC)c2)c[nH]c1N=C. The molecule has 3 heteroatoms. The predicted molar refractivity (Wildman–Crippen MR) is 84.9 cm³/mol. The Morgan fingerprint density at radius 2 is 2.20 bits per heavy atom. The van der Waals surface area contributed by atoms with E-state index in [1.165, 1.54) is 0 Å². The summed E-state index contributed by atoms with van der Waals surface area (Å²) in [5.41, 5.74) is 4.84. The largest absolute Gasteiger partial charge is 0.346 e. The molecule has 3 nitrogen and oxygen atoms in total. The zero-order valence-electron chi connectivity index (χ0n) is 11.9. The zero-order chi connectivity index (χ0) is 14.7. The summed E-state index contributed by atoms with van der Waals surface area (Å²) in [4.78, 5) is 18.6. The second-order valence-corrected chi connectivity index (χ2v) is 4.61. The Balaban J connectivity index is 2.59. The van der Waals surface area contributed by atoms with Crippen molar-refractivity contribution in [2.45, 2.75) is 20.3 Å². The lowest BCUT2D eigenvalue weighted by molar-refractivity contribution is 0.101. The molecule has 2 aromatic rings. The van der Waals surface area contributed by atoms with Crippen molar-refractivity contribution >= 4 is 24.4 Å². The molecule has 1 aromatic heterocycles. The number of ketones is 1. The van der Waals surface area contributed by atoms with E-state index < -0.39 is 0 Å². The number of carbonyl (C=O) groups excluding carboxylic acids is 1. The molecule has 0 bridgehead atoms. The first-order valence-corrected chi connectivity index (χ1v) is 6.57. The van der Waals surface area contributed by atoms with Gasteiger partial charge in [-0.15, -0.1) is 0 Å². The fraction of sp³-hybridized carbons (Fsp3) is 0.176. The number of rotatable bonds is 5. The lowest BCUT2D eigenvalue weighted by atomic mass is 9.95. The quantitative estimate of drug-likeness (QED) is 0.631. The number of benzene rings is 1. The van der Waals surface area contributed by atoms with E-state index in [2.05, 4.69) is 29.3 Å². The van der Waals surface area contributed by atoms with Gasteiger partial charge in [-0.3, -0.25) is 4.79 Å². The van der Waals surface area contributed by atoms with E-state index in [1.54, 1.807) is 13.0 Å². The van der Waals surface area contributed by atoms with Crippen molar-refractivity contribution in [1.29, 1.82) is 0 Å². The molecule has 0 aliphatic rings. The number of aliphatic imine (C=N–C) groups is 1. The Hall–Kier alpha value is -2.42. The molecule has 0 spiro atoms. The van der Waals surface area contributed by atoms with Gasteiger partial charge in [0.1, 0.15) is 5.82 Å². The van der Waals surface area contributed by atoms with E-state index in [4.69, 9.17) is 0 Å². The highest BCUT2D eigenvalue weighted by atomic mass is 16.1. The Morgan fingerprint density at radius 1 is 1.45 bits per heavy atom. The maximum atomic E-state index is 11.6. The van der Waals surface area contributed by atoms with Crippen molar-refractivity contribution < 1.29 is 4.79 Å². The van der Waals surface area contributed by atoms with E-state index >= 15 is 0 Å². The van der Waals surface area contributed by atoms with E-state index in [0.717, 1.165) is 34.2 Å². The molecule has 102 valence electrons. The lowest BCUT2D eigenvalue weighted by Crippen LogP contribution is -1.98. The monoisotopic (exact) mass is 266 g/mol. The van der Waals surface area contributed by atoms with Crippen LogP contribution in [0.1, 0.15) is 35.3 Å². The number of hydrogen-bond acceptors (Lipinski definition) is 2. The van der Waals surface area contributed by atoms with Gasteiger partial charge in [-0.2, -0.15) is 0 Å². The summed E-state index contributed by atoms with van der Waals surface area (Å²) in [6, 6.07) is 5.90. The molecule has 0 saturated heterocycles. The van der Waals surface area contributed by atoms with Crippen LogP contribution in [0.25, 0.3) is 17.2 Å². The van der Waals surface area contributed by atoms with Crippen LogP contribution >= 0.6 is 0 Å². The molecule has 1 N–H and O–H groups in total. The summed E-state index contributed by atoms with van der Waals surface area (Å²) >= 11 is 0. The van der Waals surface area contributed by atoms with Gasteiger partial charge in [-0.1, -0.05) is 37.8 Å². The average Bonchev–Trinajstić information content (AvgIpc) is 2.89. The maximum Gasteiger partial charge on any atom is 0.160 e. The molecule has 0 aliphatic carbocycles. The van der Waals surface area contributed by atoms with E-state index in [0.29, 0.717) is 5.82 Å². The summed E-state index contributed by atoms with van der Waals surface area (Å²) in [6.07, 6.45) is 4.48.